The molecule has 1 aliphatic carbocycles. The molecular formula is C26H31FN4O3. The van der Waals surface area contributed by atoms with Crippen molar-refractivity contribution < 1.29 is 19.1 Å². The SMILES string of the molecule is CC(C)(C)C(NC(=O)c1nn(Cc2ccc(F)cc2)c2ccccc12)C(=O)NC[C@H]1C[C@@H]1CO. The molecule has 4 rings (SSSR count). The number of amides is 2. The Bertz CT molecular complexity index is 1180. The Labute approximate surface area is 198 Å². The molecule has 3 atom stereocenters. The Hall–Kier alpha value is -3.26. The average molecular weight is 467 g/mol. The van der Waals surface area contributed by atoms with Crippen LogP contribution in [0.25, 0.3) is 10.9 Å². The zero-order valence-corrected chi connectivity index (χ0v) is 19.7. The molecule has 1 fully saturated rings. The van der Waals surface area contributed by atoms with Gasteiger partial charge in [-0.3, -0.25) is 14.3 Å². The summed E-state index contributed by atoms with van der Waals surface area (Å²) in [4.78, 5) is 26.3. The number of fused-ring (bicyclic) bond motifs is 1. The maximum absolute atomic E-state index is 13.3. The number of benzene rings is 2. The summed E-state index contributed by atoms with van der Waals surface area (Å²) < 4.78 is 15.0. The number of hydrogen-bond donors (Lipinski definition) is 3. The third kappa shape index (κ3) is 5.28. The van der Waals surface area contributed by atoms with Gasteiger partial charge in [-0.1, -0.05) is 51.1 Å². The lowest BCUT2D eigenvalue weighted by Crippen LogP contribution is -2.54. The lowest BCUT2D eigenvalue weighted by molar-refractivity contribution is -0.125. The van der Waals surface area contributed by atoms with Crippen LogP contribution in [0.1, 0.15) is 43.2 Å². The first-order chi connectivity index (χ1) is 16.2. The molecule has 1 saturated carbocycles. The summed E-state index contributed by atoms with van der Waals surface area (Å²) in [5.41, 5.74) is 1.35. The van der Waals surface area contributed by atoms with Crippen LogP contribution >= 0.6 is 0 Å². The van der Waals surface area contributed by atoms with Gasteiger partial charge in [0, 0.05) is 18.5 Å². The molecule has 0 bridgehead atoms. The van der Waals surface area contributed by atoms with E-state index in [1.165, 1.54) is 12.1 Å². The molecule has 2 aromatic carbocycles. The molecule has 180 valence electrons. The average Bonchev–Trinajstić information content (AvgIpc) is 3.48. The molecule has 0 spiro atoms. The molecule has 3 N–H and O–H groups in total. The Morgan fingerprint density at radius 3 is 2.50 bits per heavy atom. The number of nitrogens with zero attached hydrogens (tertiary/aromatic N) is 2. The minimum atomic E-state index is -0.757. The number of aliphatic hydroxyl groups is 1. The summed E-state index contributed by atoms with van der Waals surface area (Å²) in [5.74, 6) is -0.451. The molecule has 0 saturated heterocycles. The summed E-state index contributed by atoms with van der Waals surface area (Å²) in [6.07, 6.45) is 0.904. The van der Waals surface area contributed by atoms with Crippen LogP contribution in [0, 0.1) is 23.1 Å². The number of para-hydroxylation sites is 1. The fourth-order valence-corrected chi connectivity index (χ4v) is 4.17. The number of rotatable bonds is 8. The fourth-order valence-electron chi connectivity index (χ4n) is 4.17. The van der Waals surface area contributed by atoms with Crippen molar-refractivity contribution >= 4 is 22.7 Å². The first-order valence-electron chi connectivity index (χ1n) is 11.6. The Morgan fingerprint density at radius 1 is 1.15 bits per heavy atom. The highest BCUT2D eigenvalue weighted by Gasteiger charge is 2.38. The van der Waals surface area contributed by atoms with E-state index in [4.69, 9.17) is 0 Å². The predicted octanol–water partition coefficient (Wildman–Crippen LogP) is 3.11. The van der Waals surface area contributed by atoms with Gasteiger partial charge >= 0.3 is 0 Å². The van der Waals surface area contributed by atoms with Crippen LogP contribution in [0.4, 0.5) is 4.39 Å². The summed E-state index contributed by atoms with van der Waals surface area (Å²) >= 11 is 0. The van der Waals surface area contributed by atoms with Gasteiger partial charge in [-0.25, -0.2) is 4.39 Å². The fraction of sp³-hybridized carbons (Fsp3) is 0.423. The maximum Gasteiger partial charge on any atom is 0.273 e. The molecule has 1 aliphatic rings. The van der Waals surface area contributed by atoms with E-state index in [1.54, 1.807) is 16.8 Å². The quantitative estimate of drug-likeness (QED) is 0.475. The van der Waals surface area contributed by atoms with Gasteiger partial charge in [0.05, 0.1) is 12.1 Å². The molecule has 2 amide bonds. The van der Waals surface area contributed by atoms with E-state index in [1.807, 2.05) is 45.0 Å². The van der Waals surface area contributed by atoms with Crippen LogP contribution in [0.2, 0.25) is 0 Å². The van der Waals surface area contributed by atoms with Crippen molar-refractivity contribution in [2.45, 2.75) is 39.8 Å². The molecule has 1 heterocycles. The van der Waals surface area contributed by atoms with Gasteiger partial charge in [-0.2, -0.15) is 5.10 Å². The van der Waals surface area contributed by atoms with Crippen molar-refractivity contribution in [3.8, 4) is 0 Å². The minimum absolute atomic E-state index is 0.133. The molecule has 3 aromatic rings. The topological polar surface area (TPSA) is 96.2 Å². The number of carbonyl (C=O) groups excluding carboxylic acids is 2. The van der Waals surface area contributed by atoms with Gasteiger partial charge in [0.2, 0.25) is 5.91 Å². The van der Waals surface area contributed by atoms with Crippen LogP contribution in [-0.4, -0.2) is 45.9 Å². The van der Waals surface area contributed by atoms with Crippen molar-refractivity contribution in [2.24, 2.45) is 17.3 Å². The number of hydrogen-bond acceptors (Lipinski definition) is 4. The van der Waals surface area contributed by atoms with Gasteiger partial charge in [0.15, 0.2) is 5.69 Å². The summed E-state index contributed by atoms with van der Waals surface area (Å²) in [7, 11) is 0. The molecule has 1 aromatic heterocycles. The van der Waals surface area contributed by atoms with E-state index >= 15 is 0 Å². The predicted molar refractivity (Wildman–Crippen MR) is 128 cm³/mol. The zero-order valence-electron chi connectivity index (χ0n) is 19.7. The highest BCUT2D eigenvalue weighted by atomic mass is 19.1. The number of aromatic nitrogens is 2. The Balaban J connectivity index is 1.54. The van der Waals surface area contributed by atoms with Crippen molar-refractivity contribution in [1.82, 2.24) is 20.4 Å². The standard InChI is InChI=1S/C26H31FN4O3/c1-26(2,3)23(25(34)28-13-17-12-18(17)15-32)29-24(33)22-20-6-4-5-7-21(20)31(30-22)14-16-8-10-19(27)11-9-16/h4-11,17-18,23,32H,12-15H2,1-3H3,(H,28,34)(H,29,33)/t17-,18-,23?/m1/s1. The molecule has 7 nitrogen and oxygen atoms in total. The Kier molecular flexibility index (Phi) is 6.70. The van der Waals surface area contributed by atoms with Crippen LogP contribution in [0.5, 0.6) is 0 Å². The smallest absolute Gasteiger partial charge is 0.273 e. The van der Waals surface area contributed by atoms with Crippen molar-refractivity contribution in [3.05, 3.63) is 65.6 Å². The second-order valence-corrected chi connectivity index (χ2v) is 10.1. The van der Waals surface area contributed by atoms with E-state index < -0.39 is 17.4 Å². The first kappa shape index (κ1) is 23.9. The molecule has 0 radical (unpaired) electrons. The normalized spacial score (nSPS) is 18.5. The van der Waals surface area contributed by atoms with E-state index in [9.17, 15) is 19.1 Å². The number of halogens is 1. The van der Waals surface area contributed by atoms with Crippen LogP contribution in [0.3, 0.4) is 0 Å². The molecule has 34 heavy (non-hydrogen) atoms. The van der Waals surface area contributed by atoms with Crippen molar-refractivity contribution in [2.75, 3.05) is 13.2 Å². The van der Waals surface area contributed by atoms with Gasteiger partial charge in [0.25, 0.3) is 5.91 Å². The monoisotopic (exact) mass is 466 g/mol. The molecular weight excluding hydrogens is 435 g/mol. The molecule has 8 heteroatoms. The van der Waals surface area contributed by atoms with E-state index in [2.05, 4.69) is 15.7 Å². The lowest BCUT2D eigenvalue weighted by Gasteiger charge is -2.30. The minimum Gasteiger partial charge on any atom is -0.396 e. The van der Waals surface area contributed by atoms with Gasteiger partial charge in [-0.15, -0.1) is 0 Å². The van der Waals surface area contributed by atoms with Crippen molar-refractivity contribution in [1.29, 1.82) is 0 Å². The summed E-state index contributed by atoms with van der Waals surface area (Å²) in [6.45, 7) is 6.70. The second kappa shape index (κ2) is 9.54. The van der Waals surface area contributed by atoms with Crippen LogP contribution in [-0.2, 0) is 11.3 Å². The molecule has 0 aliphatic heterocycles. The molecule has 1 unspecified atom stereocenters. The third-order valence-electron chi connectivity index (χ3n) is 6.36. The van der Waals surface area contributed by atoms with Crippen molar-refractivity contribution in [3.63, 3.8) is 0 Å². The van der Waals surface area contributed by atoms with Gasteiger partial charge in [-0.05, 0) is 47.4 Å². The first-order valence-corrected chi connectivity index (χ1v) is 11.6. The van der Waals surface area contributed by atoms with E-state index in [-0.39, 0.29) is 35.9 Å². The number of nitrogens with one attached hydrogen (secondary N) is 2. The second-order valence-electron chi connectivity index (χ2n) is 10.1. The van der Waals surface area contributed by atoms with E-state index in [0.29, 0.717) is 18.5 Å². The number of aliphatic hydroxyl groups excluding tert-OH is 1. The summed E-state index contributed by atoms with van der Waals surface area (Å²) in [5, 5.41) is 20.3. The Morgan fingerprint density at radius 2 is 1.85 bits per heavy atom. The van der Waals surface area contributed by atoms with E-state index in [0.717, 1.165) is 17.5 Å². The third-order valence-corrected chi connectivity index (χ3v) is 6.36. The zero-order chi connectivity index (χ0) is 24.5. The van der Waals surface area contributed by atoms with Crippen LogP contribution in [0.15, 0.2) is 48.5 Å². The maximum atomic E-state index is 13.3. The van der Waals surface area contributed by atoms with Crippen LogP contribution < -0.4 is 10.6 Å². The highest BCUT2D eigenvalue weighted by molar-refractivity contribution is 6.06. The van der Waals surface area contributed by atoms with Gasteiger partial charge < -0.3 is 15.7 Å². The largest absolute Gasteiger partial charge is 0.396 e. The highest BCUT2D eigenvalue weighted by Crippen LogP contribution is 2.37. The number of carbonyl (C=O) groups is 2. The lowest BCUT2D eigenvalue weighted by atomic mass is 9.86. The summed E-state index contributed by atoms with van der Waals surface area (Å²) in [6, 6.07) is 12.8. The van der Waals surface area contributed by atoms with Gasteiger partial charge in [0.1, 0.15) is 11.9 Å².